The molecule has 0 bridgehead atoms. The number of pyridine rings is 1. The van der Waals surface area contributed by atoms with E-state index in [-0.39, 0.29) is 4.70 Å². The first-order chi connectivity index (χ1) is 11.2. The van der Waals surface area contributed by atoms with Crippen LogP contribution in [0.1, 0.15) is 11.5 Å². The third-order valence-electron chi connectivity index (χ3n) is 3.21. The molecule has 110 valence electrons. The lowest BCUT2D eigenvalue weighted by atomic mass is 10.3. The van der Waals surface area contributed by atoms with Crippen LogP contribution in [-0.2, 0) is 0 Å². The number of nitrogens with zero attached hydrogens (tertiary/aromatic N) is 5. The highest BCUT2D eigenvalue weighted by atomic mass is 16.3. The van der Waals surface area contributed by atoms with Crippen LogP contribution in [0.25, 0.3) is 0 Å². The molecule has 2 aliphatic heterocycles. The lowest BCUT2D eigenvalue weighted by Gasteiger charge is -2.17. The third kappa shape index (κ3) is 2.48. The van der Waals surface area contributed by atoms with E-state index in [0.29, 0.717) is 28.8 Å². The Morgan fingerprint density at radius 2 is 2.09 bits per heavy atom. The van der Waals surface area contributed by atoms with Gasteiger partial charge in [0.25, 0.3) is 11.7 Å². The Labute approximate surface area is 131 Å². The van der Waals surface area contributed by atoms with Crippen LogP contribution in [0, 0.1) is 11.8 Å². The molecular formula is C16H11N6O+. The van der Waals surface area contributed by atoms with Gasteiger partial charge in [0.2, 0.25) is 0 Å². The van der Waals surface area contributed by atoms with Crippen LogP contribution in [-0.4, -0.2) is 27.6 Å². The van der Waals surface area contributed by atoms with Crippen molar-refractivity contribution in [2.45, 2.75) is 0 Å². The predicted molar refractivity (Wildman–Crippen MR) is 84.8 cm³/mol. The van der Waals surface area contributed by atoms with Gasteiger partial charge >= 0.3 is 0 Å². The number of allylic oxidation sites excluding steroid dienone is 1. The molecule has 0 fully saturated rings. The molecule has 0 spiro atoms. The van der Waals surface area contributed by atoms with Gasteiger partial charge in [-0.1, -0.05) is 6.07 Å². The zero-order chi connectivity index (χ0) is 15.7. The van der Waals surface area contributed by atoms with Crippen molar-refractivity contribution < 1.29 is 9.12 Å². The Balaban J connectivity index is 1.66. The minimum Gasteiger partial charge on any atom is -0.461 e. The van der Waals surface area contributed by atoms with E-state index < -0.39 is 0 Å². The second-order valence-electron chi connectivity index (χ2n) is 4.85. The highest BCUT2D eigenvalue weighted by molar-refractivity contribution is 6.31. The number of rotatable bonds is 1. The molecule has 0 saturated heterocycles. The van der Waals surface area contributed by atoms with Crippen LogP contribution < -0.4 is 5.84 Å². The SMILES string of the molecule is N[N+]12C=C(C#Cc3ccccn3)N=CC1=NC(c1ccco1)=N2. The number of hydrogen-bond donors (Lipinski definition) is 1. The average Bonchev–Trinajstić information content (AvgIpc) is 3.20. The minimum atomic E-state index is -0.328. The van der Waals surface area contributed by atoms with Crippen LogP contribution in [0.2, 0.25) is 0 Å². The number of nitrogens with two attached hydrogens (primary N) is 1. The summed E-state index contributed by atoms with van der Waals surface area (Å²) in [6.07, 6.45) is 6.43. The standard InChI is InChI=1S/C16H11N6O/c17-22-11-13(7-6-12-4-1-2-8-18-12)19-10-15(22)20-16(21-22)14-5-3-9-23-14/h1-5,8-11H,17H2/q+1. The Hall–Kier alpha value is -3.34. The van der Waals surface area contributed by atoms with Crippen molar-refractivity contribution in [3.8, 4) is 11.8 Å². The molecule has 7 nitrogen and oxygen atoms in total. The third-order valence-corrected chi connectivity index (χ3v) is 3.21. The first-order valence-electron chi connectivity index (χ1n) is 6.84. The van der Waals surface area contributed by atoms with Gasteiger partial charge in [-0.05, 0) is 45.9 Å². The number of furan rings is 1. The lowest BCUT2D eigenvalue weighted by molar-refractivity contribution is -0.803. The van der Waals surface area contributed by atoms with E-state index in [2.05, 4.69) is 31.9 Å². The molecule has 0 aliphatic carbocycles. The number of fused-ring (bicyclic) bond motifs is 1. The molecule has 2 aromatic heterocycles. The second kappa shape index (κ2) is 5.14. The lowest BCUT2D eigenvalue weighted by Crippen LogP contribution is -2.50. The first-order valence-corrected chi connectivity index (χ1v) is 6.84. The van der Waals surface area contributed by atoms with Crippen molar-refractivity contribution in [2.24, 2.45) is 20.9 Å². The molecule has 1 atom stereocenters. The molecule has 4 heterocycles. The van der Waals surface area contributed by atoms with E-state index >= 15 is 0 Å². The fraction of sp³-hybridized carbons (Fsp3) is 0. The van der Waals surface area contributed by atoms with Crippen molar-refractivity contribution in [1.82, 2.24) is 4.98 Å². The summed E-state index contributed by atoms with van der Waals surface area (Å²) in [4.78, 5) is 12.7. The minimum absolute atomic E-state index is 0.328. The number of amidine groups is 2. The van der Waals surface area contributed by atoms with Gasteiger partial charge in [0.15, 0.2) is 17.7 Å². The van der Waals surface area contributed by atoms with E-state index in [4.69, 9.17) is 10.3 Å². The van der Waals surface area contributed by atoms with Gasteiger partial charge in [-0.15, -0.1) is 5.84 Å². The Morgan fingerprint density at radius 1 is 1.13 bits per heavy atom. The van der Waals surface area contributed by atoms with Gasteiger partial charge in [0, 0.05) is 6.20 Å². The maximum atomic E-state index is 6.25. The maximum absolute atomic E-state index is 6.25. The summed E-state index contributed by atoms with van der Waals surface area (Å²) >= 11 is 0. The van der Waals surface area contributed by atoms with Gasteiger partial charge in [-0.25, -0.2) is 9.98 Å². The fourth-order valence-corrected chi connectivity index (χ4v) is 2.12. The molecule has 2 N–H and O–H groups in total. The second-order valence-corrected chi connectivity index (χ2v) is 4.85. The van der Waals surface area contributed by atoms with Gasteiger partial charge < -0.3 is 4.42 Å². The smallest absolute Gasteiger partial charge is 0.300 e. The molecule has 1 unspecified atom stereocenters. The Morgan fingerprint density at radius 3 is 2.87 bits per heavy atom. The summed E-state index contributed by atoms with van der Waals surface area (Å²) < 4.78 is 4.97. The summed E-state index contributed by atoms with van der Waals surface area (Å²) in [5.74, 6) is 13.6. The molecular weight excluding hydrogens is 292 g/mol. The van der Waals surface area contributed by atoms with E-state index in [9.17, 15) is 0 Å². The highest BCUT2D eigenvalue weighted by Crippen LogP contribution is 2.21. The van der Waals surface area contributed by atoms with E-state index in [1.807, 2.05) is 18.2 Å². The molecule has 2 aromatic rings. The Kier molecular flexibility index (Phi) is 2.98. The normalized spacial score (nSPS) is 21.7. The number of aliphatic imine (C=N–C) groups is 2. The zero-order valence-electron chi connectivity index (χ0n) is 11.9. The molecule has 0 aromatic carbocycles. The van der Waals surface area contributed by atoms with E-state index in [1.165, 1.54) is 0 Å². The number of hydrogen-bond acceptors (Lipinski definition) is 6. The van der Waals surface area contributed by atoms with Gasteiger partial charge in [-0.2, -0.15) is 4.99 Å². The summed E-state index contributed by atoms with van der Waals surface area (Å²) in [5, 5.41) is 4.37. The molecule has 7 heteroatoms. The van der Waals surface area contributed by atoms with Crippen LogP contribution in [0.5, 0.6) is 0 Å². The van der Waals surface area contributed by atoms with Crippen molar-refractivity contribution in [2.75, 3.05) is 0 Å². The van der Waals surface area contributed by atoms with Crippen molar-refractivity contribution in [3.05, 3.63) is 66.1 Å². The molecule has 23 heavy (non-hydrogen) atoms. The summed E-state index contributed by atoms with van der Waals surface area (Å²) in [5.41, 5.74) is 1.16. The summed E-state index contributed by atoms with van der Waals surface area (Å²) in [7, 11) is 0. The largest absolute Gasteiger partial charge is 0.461 e. The molecule has 0 amide bonds. The molecule has 2 aliphatic rings. The van der Waals surface area contributed by atoms with Crippen LogP contribution in [0.3, 0.4) is 0 Å². The highest BCUT2D eigenvalue weighted by Gasteiger charge is 2.39. The molecule has 0 saturated carbocycles. The topological polar surface area (TPSA) is 89.1 Å². The zero-order valence-corrected chi connectivity index (χ0v) is 11.9. The average molecular weight is 303 g/mol. The van der Waals surface area contributed by atoms with Crippen molar-refractivity contribution >= 4 is 17.9 Å². The fourth-order valence-electron chi connectivity index (χ4n) is 2.12. The summed E-state index contributed by atoms with van der Waals surface area (Å²) in [6.45, 7) is 0. The summed E-state index contributed by atoms with van der Waals surface area (Å²) in [6, 6.07) is 9.07. The maximum Gasteiger partial charge on any atom is 0.300 e. The van der Waals surface area contributed by atoms with Crippen molar-refractivity contribution in [3.63, 3.8) is 0 Å². The number of quaternary nitrogens is 1. The van der Waals surface area contributed by atoms with E-state index in [1.54, 1.807) is 37.0 Å². The quantitative estimate of drug-likeness (QED) is 0.491. The van der Waals surface area contributed by atoms with Crippen molar-refractivity contribution in [1.29, 1.82) is 0 Å². The molecule has 4 rings (SSSR count). The predicted octanol–water partition coefficient (Wildman–Crippen LogP) is 1.42. The van der Waals surface area contributed by atoms with Gasteiger partial charge in [0.1, 0.15) is 11.9 Å². The van der Waals surface area contributed by atoms with Crippen LogP contribution in [0.4, 0.5) is 0 Å². The Bertz CT molecular complexity index is 928. The van der Waals surface area contributed by atoms with Crippen LogP contribution >= 0.6 is 0 Å². The first kappa shape index (κ1) is 13.3. The van der Waals surface area contributed by atoms with E-state index in [0.717, 1.165) is 0 Å². The van der Waals surface area contributed by atoms with Gasteiger partial charge in [0.05, 0.1) is 6.26 Å². The monoisotopic (exact) mass is 303 g/mol. The molecule has 0 radical (unpaired) electrons. The van der Waals surface area contributed by atoms with Gasteiger partial charge in [-0.3, -0.25) is 0 Å². The number of aromatic nitrogens is 1. The van der Waals surface area contributed by atoms with Crippen LogP contribution in [0.15, 0.2) is 74.2 Å².